The molecule has 0 spiro atoms. The fraction of sp³-hybridized carbons (Fsp3) is 0.600. The zero-order valence-corrected chi connectivity index (χ0v) is 8.07. The van der Waals surface area contributed by atoms with Crippen LogP contribution in [-0.2, 0) is 0 Å². The summed E-state index contributed by atoms with van der Waals surface area (Å²) >= 11 is 0. The van der Waals surface area contributed by atoms with Crippen LogP contribution in [0.2, 0.25) is 0 Å². The summed E-state index contributed by atoms with van der Waals surface area (Å²) in [6, 6.07) is 0. The Morgan fingerprint density at radius 3 is 2.27 bits per heavy atom. The first-order valence-corrected chi connectivity index (χ1v) is 4.02. The molecule has 0 radical (unpaired) electrons. The second-order valence-electron chi connectivity index (χ2n) is 3.90. The third-order valence-corrected chi connectivity index (χ3v) is 1.36. The Hall–Kier alpha value is -0.720. The maximum absolute atomic E-state index is 3.63. The second kappa shape index (κ2) is 4.22. The first kappa shape index (κ1) is 10.3. The standard InChI is InChI=1S/C10H19N/c1-6-9(11-7-2)8-10(3,4)5/h6-7,11H,2,8H2,1,3-5H3/b9-6-. The zero-order valence-electron chi connectivity index (χ0n) is 8.07. The van der Waals surface area contributed by atoms with E-state index in [0.29, 0.717) is 5.41 Å². The van der Waals surface area contributed by atoms with Crippen LogP contribution < -0.4 is 5.32 Å². The molecule has 0 fully saturated rings. The van der Waals surface area contributed by atoms with Gasteiger partial charge in [0.05, 0.1) is 0 Å². The Bertz CT molecular complexity index is 149. The minimum absolute atomic E-state index is 0.345. The highest BCUT2D eigenvalue weighted by atomic mass is 14.8. The normalized spacial score (nSPS) is 12.9. The van der Waals surface area contributed by atoms with Crippen LogP contribution in [0.15, 0.2) is 24.6 Å². The molecular formula is C10H19N. The summed E-state index contributed by atoms with van der Waals surface area (Å²) in [7, 11) is 0. The minimum atomic E-state index is 0.345. The number of hydrogen-bond donors (Lipinski definition) is 1. The average Bonchev–Trinajstić information content (AvgIpc) is 1.84. The van der Waals surface area contributed by atoms with Crippen molar-refractivity contribution in [2.45, 2.75) is 34.1 Å². The predicted molar refractivity (Wildman–Crippen MR) is 51.2 cm³/mol. The summed E-state index contributed by atoms with van der Waals surface area (Å²) in [5.74, 6) is 0. The predicted octanol–water partition coefficient (Wildman–Crippen LogP) is 3.06. The summed E-state index contributed by atoms with van der Waals surface area (Å²) in [6.07, 6.45) is 4.88. The van der Waals surface area contributed by atoms with Crippen molar-refractivity contribution in [1.82, 2.24) is 5.32 Å². The van der Waals surface area contributed by atoms with Gasteiger partial charge in [0.2, 0.25) is 0 Å². The molecule has 1 N–H and O–H groups in total. The van der Waals surface area contributed by atoms with Crippen molar-refractivity contribution in [2.24, 2.45) is 5.41 Å². The van der Waals surface area contributed by atoms with E-state index in [0.717, 1.165) is 6.42 Å². The fourth-order valence-electron chi connectivity index (χ4n) is 0.939. The SMILES string of the molecule is C=CN/C(=C\C)CC(C)(C)C. The molecule has 64 valence electrons. The molecular weight excluding hydrogens is 134 g/mol. The van der Waals surface area contributed by atoms with Crippen molar-refractivity contribution in [3.05, 3.63) is 24.6 Å². The van der Waals surface area contributed by atoms with E-state index in [1.165, 1.54) is 5.70 Å². The van der Waals surface area contributed by atoms with Crippen LogP contribution in [0.3, 0.4) is 0 Å². The van der Waals surface area contributed by atoms with Crippen LogP contribution in [0, 0.1) is 5.41 Å². The molecule has 0 amide bonds. The smallest absolute Gasteiger partial charge is 0.0108 e. The lowest BCUT2D eigenvalue weighted by Gasteiger charge is -2.19. The van der Waals surface area contributed by atoms with Gasteiger partial charge in [-0.25, -0.2) is 0 Å². The molecule has 0 aromatic heterocycles. The van der Waals surface area contributed by atoms with Crippen molar-refractivity contribution in [3.8, 4) is 0 Å². The van der Waals surface area contributed by atoms with Crippen LogP contribution >= 0.6 is 0 Å². The Labute approximate surface area is 70.2 Å². The third-order valence-electron chi connectivity index (χ3n) is 1.36. The summed E-state index contributed by atoms with van der Waals surface area (Å²) in [5, 5.41) is 3.11. The third kappa shape index (κ3) is 5.71. The summed E-state index contributed by atoms with van der Waals surface area (Å²) in [4.78, 5) is 0. The molecule has 1 heteroatoms. The number of allylic oxidation sites excluding steroid dienone is 2. The molecule has 11 heavy (non-hydrogen) atoms. The van der Waals surface area contributed by atoms with E-state index in [1.807, 2.05) is 6.92 Å². The quantitative estimate of drug-likeness (QED) is 0.657. The molecule has 0 atom stereocenters. The number of rotatable bonds is 3. The molecule has 0 rings (SSSR count). The molecule has 0 aliphatic rings. The minimum Gasteiger partial charge on any atom is -0.366 e. The van der Waals surface area contributed by atoms with Crippen molar-refractivity contribution in [2.75, 3.05) is 0 Å². The van der Waals surface area contributed by atoms with Gasteiger partial charge in [0.25, 0.3) is 0 Å². The van der Waals surface area contributed by atoms with E-state index in [-0.39, 0.29) is 0 Å². The van der Waals surface area contributed by atoms with Crippen molar-refractivity contribution < 1.29 is 0 Å². The summed E-state index contributed by atoms with van der Waals surface area (Å²) < 4.78 is 0. The Morgan fingerprint density at radius 2 is 2.00 bits per heavy atom. The zero-order chi connectivity index (χ0) is 8.91. The van der Waals surface area contributed by atoms with Crippen LogP contribution in [0.4, 0.5) is 0 Å². The number of nitrogens with one attached hydrogen (secondary N) is 1. The highest BCUT2D eigenvalue weighted by Crippen LogP contribution is 2.22. The molecule has 0 bridgehead atoms. The maximum atomic E-state index is 3.63. The first-order chi connectivity index (χ1) is 4.99. The van der Waals surface area contributed by atoms with Gasteiger partial charge in [-0.1, -0.05) is 33.4 Å². The van der Waals surface area contributed by atoms with Crippen molar-refractivity contribution in [3.63, 3.8) is 0 Å². The molecule has 0 aliphatic heterocycles. The Balaban J connectivity index is 4.00. The van der Waals surface area contributed by atoms with Crippen molar-refractivity contribution in [1.29, 1.82) is 0 Å². The van der Waals surface area contributed by atoms with E-state index in [1.54, 1.807) is 6.20 Å². The van der Waals surface area contributed by atoms with Crippen molar-refractivity contribution >= 4 is 0 Å². The lowest BCUT2D eigenvalue weighted by Crippen LogP contribution is -2.13. The summed E-state index contributed by atoms with van der Waals surface area (Å²) in [6.45, 7) is 12.3. The van der Waals surface area contributed by atoms with Crippen LogP contribution in [-0.4, -0.2) is 0 Å². The second-order valence-corrected chi connectivity index (χ2v) is 3.90. The molecule has 0 saturated carbocycles. The van der Waals surface area contributed by atoms with E-state index >= 15 is 0 Å². The molecule has 0 aromatic carbocycles. The van der Waals surface area contributed by atoms with Gasteiger partial charge in [0.1, 0.15) is 0 Å². The fourth-order valence-corrected chi connectivity index (χ4v) is 0.939. The Morgan fingerprint density at radius 1 is 1.45 bits per heavy atom. The van der Waals surface area contributed by atoms with Gasteiger partial charge in [-0.15, -0.1) is 0 Å². The topological polar surface area (TPSA) is 12.0 Å². The monoisotopic (exact) mass is 153 g/mol. The van der Waals surface area contributed by atoms with Gasteiger partial charge in [-0.2, -0.15) is 0 Å². The van der Waals surface area contributed by atoms with Gasteiger partial charge < -0.3 is 5.32 Å². The first-order valence-electron chi connectivity index (χ1n) is 4.02. The van der Waals surface area contributed by atoms with Crippen LogP contribution in [0.5, 0.6) is 0 Å². The summed E-state index contributed by atoms with van der Waals surface area (Å²) in [5.41, 5.74) is 1.59. The van der Waals surface area contributed by atoms with Crippen LogP contribution in [0.25, 0.3) is 0 Å². The molecule has 0 aliphatic carbocycles. The molecule has 0 unspecified atom stereocenters. The van der Waals surface area contributed by atoms with E-state index in [2.05, 4.69) is 38.7 Å². The average molecular weight is 153 g/mol. The molecule has 0 aromatic rings. The highest BCUT2D eigenvalue weighted by Gasteiger charge is 2.11. The lowest BCUT2D eigenvalue weighted by molar-refractivity contribution is 0.402. The van der Waals surface area contributed by atoms with E-state index in [9.17, 15) is 0 Å². The highest BCUT2D eigenvalue weighted by molar-refractivity contribution is 5.02. The van der Waals surface area contributed by atoms with Gasteiger partial charge in [-0.05, 0) is 25.0 Å². The van der Waals surface area contributed by atoms with Gasteiger partial charge in [0, 0.05) is 5.70 Å². The number of hydrogen-bond acceptors (Lipinski definition) is 1. The molecule has 1 nitrogen and oxygen atoms in total. The van der Waals surface area contributed by atoms with Gasteiger partial charge >= 0.3 is 0 Å². The largest absolute Gasteiger partial charge is 0.366 e. The van der Waals surface area contributed by atoms with E-state index in [4.69, 9.17) is 0 Å². The van der Waals surface area contributed by atoms with Crippen LogP contribution in [0.1, 0.15) is 34.1 Å². The Kier molecular flexibility index (Phi) is 3.94. The lowest BCUT2D eigenvalue weighted by atomic mass is 9.90. The maximum Gasteiger partial charge on any atom is 0.0108 e. The van der Waals surface area contributed by atoms with Gasteiger partial charge in [-0.3, -0.25) is 0 Å². The van der Waals surface area contributed by atoms with E-state index < -0.39 is 0 Å². The molecule has 0 saturated heterocycles. The molecule has 0 heterocycles. The van der Waals surface area contributed by atoms with Gasteiger partial charge in [0.15, 0.2) is 0 Å².